The van der Waals surface area contributed by atoms with Crippen LogP contribution in [0.5, 0.6) is 0 Å². The molecule has 3 rings (SSSR count). The molecule has 0 atom stereocenters. The van der Waals surface area contributed by atoms with Crippen LogP contribution < -0.4 is 10.6 Å². The van der Waals surface area contributed by atoms with E-state index in [9.17, 15) is 9.18 Å². The zero-order valence-electron chi connectivity index (χ0n) is 13.3. The van der Waals surface area contributed by atoms with Crippen molar-refractivity contribution >= 4 is 11.7 Å². The molecule has 1 aromatic carbocycles. The van der Waals surface area contributed by atoms with Gasteiger partial charge < -0.3 is 10.6 Å². The first kappa shape index (κ1) is 16.5. The third-order valence-corrected chi connectivity index (χ3v) is 3.46. The van der Waals surface area contributed by atoms with E-state index in [1.165, 1.54) is 12.1 Å². The molecule has 2 N–H and O–H groups in total. The fourth-order valence-corrected chi connectivity index (χ4v) is 2.12. The second-order valence-electron chi connectivity index (χ2n) is 5.33. The highest BCUT2D eigenvalue weighted by Gasteiger charge is 2.08. The van der Waals surface area contributed by atoms with Gasteiger partial charge in [0.05, 0.1) is 0 Å². The second kappa shape index (κ2) is 7.96. The van der Waals surface area contributed by atoms with Crippen LogP contribution in [-0.4, -0.2) is 21.1 Å². The first-order valence-corrected chi connectivity index (χ1v) is 7.70. The number of benzene rings is 1. The van der Waals surface area contributed by atoms with Gasteiger partial charge in [0.2, 0.25) is 0 Å². The van der Waals surface area contributed by atoms with Crippen LogP contribution >= 0.6 is 0 Å². The maximum atomic E-state index is 12.8. The number of carbonyl (C=O) groups is 1. The number of aromatic nitrogens is 3. The van der Waals surface area contributed by atoms with E-state index in [0.717, 1.165) is 11.1 Å². The molecule has 25 heavy (non-hydrogen) atoms. The van der Waals surface area contributed by atoms with E-state index in [4.69, 9.17) is 0 Å². The van der Waals surface area contributed by atoms with Gasteiger partial charge in [0, 0.05) is 25.5 Å². The van der Waals surface area contributed by atoms with Crippen LogP contribution in [0.4, 0.5) is 10.2 Å². The summed E-state index contributed by atoms with van der Waals surface area (Å²) in [5.74, 6) is -0.0788. The predicted octanol–water partition coefficient (Wildman–Crippen LogP) is 2.55. The monoisotopic (exact) mass is 337 g/mol. The van der Waals surface area contributed by atoms with Crippen LogP contribution in [0, 0.1) is 5.82 Å². The van der Waals surface area contributed by atoms with Gasteiger partial charge in [-0.25, -0.2) is 4.39 Å². The lowest BCUT2D eigenvalue weighted by Gasteiger charge is -2.07. The summed E-state index contributed by atoms with van der Waals surface area (Å²) in [7, 11) is 0. The third-order valence-electron chi connectivity index (χ3n) is 3.46. The smallest absolute Gasteiger partial charge is 0.272 e. The van der Waals surface area contributed by atoms with Crippen molar-refractivity contribution in [1.82, 2.24) is 20.5 Å². The summed E-state index contributed by atoms with van der Waals surface area (Å²) in [5.41, 5.74) is 2.04. The fraction of sp³-hybridized carbons (Fsp3) is 0.111. The van der Waals surface area contributed by atoms with Crippen LogP contribution in [0.1, 0.15) is 21.6 Å². The van der Waals surface area contributed by atoms with Crippen molar-refractivity contribution in [2.45, 2.75) is 13.1 Å². The van der Waals surface area contributed by atoms with Gasteiger partial charge in [0.25, 0.3) is 5.91 Å². The van der Waals surface area contributed by atoms with Crippen molar-refractivity contribution in [2.24, 2.45) is 0 Å². The molecule has 0 saturated heterocycles. The molecule has 0 bridgehead atoms. The predicted molar refractivity (Wildman–Crippen MR) is 91.2 cm³/mol. The van der Waals surface area contributed by atoms with Crippen molar-refractivity contribution in [3.63, 3.8) is 0 Å². The van der Waals surface area contributed by atoms with Gasteiger partial charge >= 0.3 is 0 Å². The molecule has 0 aliphatic carbocycles. The molecule has 0 radical (unpaired) electrons. The van der Waals surface area contributed by atoms with Crippen molar-refractivity contribution in [2.75, 3.05) is 5.32 Å². The van der Waals surface area contributed by atoms with Gasteiger partial charge in [-0.15, -0.1) is 10.2 Å². The zero-order chi connectivity index (χ0) is 17.5. The quantitative estimate of drug-likeness (QED) is 0.723. The average molecular weight is 337 g/mol. The summed E-state index contributed by atoms with van der Waals surface area (Å²) in [5, 5.41) is 13.7. The third kappa shape index (κ3) is 4.81. The molecule has 1 amide bonds. The van der Waals surface area contributed by atoms with E-state index in [1.807, 2.05) is 12.1 Å². The summed E-state index contributed by atoms with van der Waals surface area (Å²) >= 11 is 0. The van der Waals surface area contributed by atoms with Gasteiger partial charge in [0.15, 0.2) is 5.69 Å². The van der Waals surface area contributed by atoms with E-state index in [0.29, 0.717) is 18.9 Å². The lowest BCUT2D eigenvalue weighted by atomic mass is 10.2. The molecule has 7 heteroatoms. The molecule has 6 nitrogen and oxygen atoms in total. The normalized spacial score (nSPS) is 10.3. The van der Waals surface area contributed by atoms with E-state index < -0.39 is 0 Å². The molecule has 0 aliphatic rings. The Kier molecular flexibility index (Phi) is 5.26. The first-order chi connectivity index (χ1) is 12.2. The lowest BCUT2D eigenvalue weighted by Crippen LogP contribution is -2.24. The summed E-state index contributed by atoms with van der Waals surface area (Å²) in [6.45, 7) is 0.862. The Morgan fingerprint density at radius 1 is 0.960 bits per heavy atom. The van der Waals surface area contributed by atoms with Gasteiger partial charge in [-0.05, 0) is 41.5 Å². The molecule has 0 saturated carbocycles. The number of pyridine rings is 1. The maximum Gasteiger partial charge on any atom is 0.272 e. The summed E-state index contributed by atoms with van der Waals surface area (Å²) in [4.78, 5) is 16.1. The standard InChI is InChI=1S/C18H16FN5O/c19-15-5-3-13(4-6-15)11-22-18(25)16-7-8-17(24-23-16)21-12-14-2-1-9-20-10-14/h1-10H,11-12H2,(H,21,24)(H,22,25). The van der Waals surface area contributed by atoms with Gasteiger partial charge in [0.1, 0.15) is 11.6 Å². The Morgan fingerprint density at radius 3 is 2.48 bits per heavy atom. The highest BCUT2D eigenvalue weighted by Crippen LogP contribution is 2.06. The number of anilines is 1. The number of halogens is 1. The highest BCUT2D eigenvalue weighted by atomic mass is 19.1. The van der Waals surface area contributed by atoms with Gasteiger partial charge in [-0.3, -0.25) is 9.78 Å². The minimum absolute atomic E-state index is 0.217. The molecule has 3 aromatic rings. The number of amides is 1. The van der Waals surface area contributed by atoms with Crippen LogP contribution in [-0.2, 0) is 13.1 Å². The first-order valence-electron chi connectivity index (χ1n) is 7.70. The zero-order valence-corrected chi connectivity index (χ0v) is 13.3. The van der Waals surface area contributed by atoms with Crippen molar-refractivity contribution in [3.05, 3.63) is 83.6 Å². The molecule has 126 valence electrons. The number of nitrogens with zero attached hydrogens (tertiary/aromatic N) is 3. The molecule has 0 aliphatic heterocycles. The van der Waals surface area contributed by atoms with Crippen molar-refractivity contribution in [1.29, 1.82) is 0 Å². The van der Waals surface area contributed by atoms with E-state index in [-0.39, 0.29) is 17.4 Å². The molecule has 0 fully saturated rings. The molecule has 2 heterocycles. The minimum atomic E-state index is -0.337. The molecule has 0 unspecified atom stereocenters. The van der Waals surface area contributed by atoms with E-state index in [2.05, 4.69) is 25.8 Å². The van der Waals surface area contributed by atoms with Crippen LogP contribution in [0.3, 0.4) is 0 Å². The van der Waals surface area contributed by atoms with Gasteiger partial charge in [-0.1, -0.05) is 18.2 Å². The Labute approximate surface area is 144 Å². The number of rotatable bonds is 6. The SMILES string of the molecule is O=C(NCc1ccc(F)cc1)c1ccc(NCc2cccnc2)nn1. The Morgan fingerprint density at radius 2 is 1.80 bits per heavy atom. The van der Waals surface area contributed by atoms with Crippen LogP contribution in [0.15, 0.2) is 60.9 Å². The maximum absolute atomic E-state index is 12.8. The minimum Gasteiger partial charge on any atom is -0.364 e. The summed E-state index contributed by atoms with van der Waals surface area (Å²) in [6, 6.07) is 13.0. The van der Waals surface area contributed by atoms with Gasteiger partial charge in [-0.2, -0.15) is 0 Å². The molecule has 0 spiro atoms. The highest BCUT2D eigenvalue weighted by molar-refractivity contribution is 5.92. The number of carbonyl (C=O) groups excluding carboxylic acids is 1. The molecular formula is C18H16FN5O. The van der Waals surface area contributed by atoms with Crippen molar-refractivity contribution in [3.8, 4) is 0 Å². The lowest BCUT2D eigenvalue weighted by molar-refractivity contribution is 0.0945. The average Bonchev–Trinajstić information content (AvgIpc) is 2.67. The van der Waals surface area contributed by atoms with E-state index >= 15 is 0 Å². The van der Waals surface area contributed by atoms with Crippen LogP contribution in [0.25, 0.3) is 0 Å². The van der Waals surface area contributed by atoms with E-state index in [1.54, 1.807) is 36.7 Å². The number of hydrogen-bond donors (Lipinski definition) is 2. The number of nitrogens with one attached hydrogen (secondary N) is 2. The summed E-state index contributed by atoms with van der Waals surface area (Å²) < 4.78 is 12.8. The topological polar surface area (TPSA) is 79.8 Å². The van der Waals surface area contributed by atoms with Crippen LogP contribution in [0.2, 0.25) is 0 Å². The fourth-order valence-electron chi connectivity index (χ4n) is 2.12. The van der Waals surface area contributed by atoms with Crippen molar-refractivity contribution < 1.29 is 9.18 Å². The summed E-state index contributed by atoms with van der Waals surface area (Å²) in [6.07, 6.45) is 3.47. The Hall–Kier alpha value is -3.35. The molecular weight excluding hydrogens is 321 g/mol. The largest absolute Gasteiger partial charge is 0.364 e. The molecule has 2 aromatic heterocycles. The Bertz CT molecular complexity index is 822. The second-order valence-corrected chi connectivity index (χ2v) is 5.33. The number of hydrogen-bond acceptors (Lipinski definition) is 5. The Balaban J connectivity index is 1.52.